The summed E-state index contributed by atoms with van der Waals surface area (Å²) in [6.45, 7) is 2.19. The summed E-state index contributed by atoms with van der Waals surface area (Å²) in [6, 6.07) is 7.02. The highest BCUT2D eigenvalue weighted by Crippen LogP contribution is 2.47. The number of nitrogen functional groups attached to an aromatic ring is 1. The number of aromatic amines is 1. The van der Waals surface area contributed by atoms with Gasteiger partial charge in [0.05, 0.1) is 20.0 Å². The molecular weight excluding hydrogens is 511 g/mol. The van der Waals surface area contributed by atoms with E-state index in [-0.39, 0.29) is 22.9 Å². The van der Waals surface area contributed by atoms with E-state index >= 15 is 0 Å². The number of hydrogen-bond acceptors (Lipinski definition) is 12. The van der Waals surface area contributed by atoms with E-state index in [1.165, 1.54) is 44.0 Å². The van der Waals surface area contributed by atoms with E-state index < -0.39 is 56.0 Å². The number of nitrogens with zero attached hydrogens (tertiary/aromatic N) is 3. The number of carbonyl (C=O) groups is 1. The molecule has 0 radical (unpaired) electrons. The minimum atomic E-state index is -4.23. The Morgan fingerprint density at radius 3 is 2.78 bits per heavy atom. The second-order valence-electron chi connectivity index (χ2n) is 8.54. The van der Waals surface area contributed by atoms with Crippen LogP contribution in [0, 0.1) is 0 Å². The third kappa shape index (κ3) is 5.37. The van der Waals surface area contributed by atoms with E-state index in [0.29, 0.717) is 0 Å². The summed E-state index contributed by atoms with van der Waals surface area (Å²) in [5.74, 6) is -0.705. The van der Waals surface area contributed by atoms with Crippen LogP contribution in [0.15, 0.2) is 41.5 Å². The maximum Gasteiger partial charge on any atom is 0.459 e. The van der Waals surface area contributed by atoms with Gasteiger partial charge in [-0.15, -0.1) is 0 Å². The highest BCUT2D eigenvalue weighted by atomic mass is 31.2. The summed E-state index contributed by atoms with van der Waals surface area (Å²) in [7, 11) is -3.06. The molecule has 0 saturated carbocycles. The molecule has 3 aromatic rings. The molecule has 4 rings (SSSR count). The number of anilines is 1. The molecule has 6 atom stereocenters. The number of fused-ring (bicyclic) bond motifs is 1. The number of esters is 1. The Hall–Kier alpha value is -3.33. The lowest BCUT2D eigenvalue weighted by molar-refractivity contribution is -0.142. The van der Waals surface area contributed by atoms with Gasteiger partial charge in [-0.3, -0.25) is 23.7 Å². The van der Waals surface area contributed by atoms with Gasteiger partial charge < -0.3 is 29.9 Å². The Morgan fingerprint density at radius 2 is 2.11 bits per heavy atom. The predicted molar refractivity (Wildman–Crippen MR) is 128 cm³/mol. The zero-order valence-corrected chi connectivity index (χ0v) is 21.0. The van der Waals surface area contributed by atoms with Gasteiger partial charge in [0.15, 0.2) is 17.4 Å². The molecule has 1 saturated heterocycles. The molecule has 37 heavy (non-hydrogen) atoms. The summed E-state index contributed by atoms with van der Waals surface area (Å²) in [6.07, 6.45) is -2.83. The number of rotatable bonds is 9. The number of carbonyl (C=O) groups excluding carboxylic acids is 1. The monoisotopic (exact) mass is 538 g/mol. The first-order valence-corrected chi connectivity index (χ1v) is 12.6. The maximum absolute atomic E-state index is 13.6. The predicted octanol–water partition coefficient (Wildman–Crippen LogP) is 0.0659. The van der Waals surface area contributed by atoms with Crippen molar-refractivity contribution < 1.29 is 38.1 Å². The Kier molecular flexibility index (Phi) is 7.37. The zero-order valence-electron chi connectivity index (χ0n) is 20.1. The van der Waals surface area contributed by atoms with Crippen molar-refractivity contribution in [3.05, 3.63) is 47.0 Å². The first-order valence-electron chi connectivity index (χ1n) is 11.1. The minimum Gasteiger partial charge on any atom is -0.468 e. The molecule has 6 N–H and O–H groups in total. The third-order valence-electron chi connectivity index (χ3n) is 5.74. The third-order valence-corrected chi connectivity index (χ3v) is 7.39. The number of hydrogen-bond donors (Lipinski definition) is 5. The second kappa shape index (κ2) is 10.2. The highest BCUT2D eigenvalue weighted by molar-refractivity contribution is 7.52. The topological polar surface area (TPSA) is 213 Å². The van der Waals surface area contributed by atoms with Crippen molar-refractivity contribution in [1.82, 2.24) is 24.6 Å². The number of aliphatic hydroxyl groups excluding tert-OH is 1. The van der Waals surface area contributed by atoms with Gasteiger partial charge in [0, 0.05) is 0 Å². The SMILES string of the molecule is COC(=O)[C@H](C)NP(=O)(OC[C@H]1O[C@@H](n2cnc3c(=O)[nH]c(N)nc32)C(C)(O)C1O)Oc1ccccc1. The number of ether oxygens (including phenoxy) is 2. The summed E-state index contributed by atoms with van der Waals surface area (Å²) in [5, 5.41) is 24.4. The number of imidazole rings is 1. The van der Waals surface area contributed by atoms with E-state index in [9.17, 15) is 24.4 Å². The molecule has 1 aliphatic rings. The van der Waals surface area contributed by atoms with Crippen molar-refractivity contribution in [3.63, 3.8) is 0 Å². The number of benzene rings is 1. The lowest BCUT2D eigenvalue weighted by Gasteiger charge is -2.27. The van der Waals surface area contributed by atoms with Crippen LogP contribution < -0.4 is 20.9 Å². The molecule has 15 nitrogen and oxygen atoms in total. The van der Waals surface area contributed by atoms with Crippen LogP contribution in [0.2, 0.25) is 0 Å². The first kappa shape index (κ1) is 26.7. The summed E-state index contributed by atoms with van der Waals surface area (Å²) < 4.78 is 36.4. The Bertz CT molecular complexity index is 1380. The first-order chi connectivity index (χ1) is 17.4. The maximum atomic E-state index is 13.6. The van der Waals surface area contributed by atoms with Gasteiger partial charge in [0.25, 0.3) is 5.56 Å². The van der Waals surface area contributed by atoms with Gasteiger partial charge in [-0.1, -0.05) is 18.2 Å². The summed E-state index contributed by atoms with van der Waals surface area (Å²) in [5.41, 5.74) is 3.09. The van der Waals surface area contributed by atoms with Crippen LogP contribution in [0.4, 0.5) is 5.95 Å². The van der Waals surface area contributed by atoms with Gasteiger partial charge in [-0.2, -0.15) is 10.1 Å². The molecule has 3 unspecified atom stereocenters. The van der Waals surface area contributed by atoms with Gasteiger partial charge in [0.2, 0.25) is 5.95 Å². The Balaban J connectivity index is 1.57. The van der Waals surface area contributed by atoms with Crippen molar-refractivity contribution >= 4 is 30.8 Å². The lowest BCUT2D eigenvalue weighted by atomic mass is 9.96. The normalized spacial score (nSPS) is 26.0. The van der Waals surface area contributed by atoms with Crippen LogP contribution in [0.3, 0.4) is 0 Å². The molecule has 3 heterocycles. The Morgan fingerprint density at radius 1 is 1.41 bits per heavy atom. The fourth-order valence-corrected chi connectivity index (χ4v) is 5.34. The smallest absolute Gasteiger partial charge is 0.459 e. The van der Waals surface area contributed by atoms with E-state index in [1.54, 1.807) is 18.2 Å². The summed E-state index contributed by atoms with van der Waals surface area (Å²) in [4.78, 5) is 34.4. The number of para-hydroxylation sites is 1. The lowest BCUT2D eigenvalue weighted by Crippen LogP contribution is -2.44. The number of aliphatic hydroxyl groups is 2. The van der Waals surface area contributed by atoms with E-state index in [4.69, 9.17) is 19.5 Å². The van der Waals surface area contributed by atoms with E-state index in [1.807, 2.05) is 0 Å². The highest BCUT2D eigenvalue weighted by Gasteiger charge is 2.54. The average molecular weight is 538 g/mol. The molecular formula is C21H27N6O9P. The molecule has 1 aromatic carbocycles. The standard InChI is InChI=1S/C21H27N6O9P/c1-11(18(30)33-3)26-37(32,36-12-7-5-4-6-8-12)34-9-13-15(28)21(2,31)19(35-13)27-10-23-14-16(27)24-20(22)25-17(14)29/h4-8,10-11,13,15,19,28,31H,9H2,1-3H3,(H,26,32)(H3,22,24,25,29)/t11-,13+,15?,19+,21?,37?/m0/s1. The Labute approximate surface area is 210 Å². The van der Waals surface area contributed by atoms with Crippen molar-refractivity contribution in [3.8, 4) is 5.75 Å². The van der Waals surface area contributed by atoms with Crippen LogP contribution in [-0.4, -0.2) is 73.3 Å². The van der Waals surface area contributed by atoms with Crippen molar-refractivity contribution in [2.45, 2.75) is 43.9 Å². The van der Waals surface area contributed by atoms with Gasteiger partial charge >= 0.3 is 13.7 Å². The van der Waals surface area contributed by atoms with Gasteiger partial charge in [-0.05, 0) is 26.0 Å². The fraction of sp³-hybridized carbons (Fsp3) is 0.429. The molecule has 1 fully saturated rings. The van der Waals surface area contributed by atoms with E-state index in [0.717, 1.165) is 0 Å². The number of nitrogens with two attached hydrogens (primary N) is 1. The largest absolute Gasteiger partial charge is 0.468 e. The molecule has 16 heteroatoms. The molecule has 0 bridgehead atoms. The van der Waals surface area contributed by atoms with Crippen LogP contribution in [-0.2, 0) is 23.4 Å². The molecule has 200 valence electrons. The molecule has 2 aromatic heterocycles. The number of aromatic nitrogens is 4. The van der Waals surface area contributed by atoms with Crippen LogP contribution in [0.5, 0.6) is 5.75 Å². The molecule has 0 amide bonds. The molecule has 0 aliphatic carbocycles. The quantitative estimate of drug-likeness (QED) is 0.180. The van der Waals surface area contributed by atoms with Crippen molar-refractivity contribution in [2.75, 3.05) is 19.5 Å². The molecule has 1 aliphatic heterocycles. The van der Waals surface area contributed by atoms with Crippen LogP contribution in [0.25, 0.3) is 11.2 Å². The summed E-state index contributed by atoms with van der Waals surface area (Å²) >= 11 is 0. The van der Waals surface area contributed by atoms with Crippen molar-refractivity contribution in [1.29, 1.82) is 0 Å². The van der Waals surface area contributed by atoms with Crippen LogP contribution >= 0.6 is 7.75 Å². The van der Waals surface area contributed by atoms with Crippen molar-refractivity contribution in [2.24, 2.45) is 0 Å². The average Bonchev–Trinajstić information content (AvgIpc) is 3.36. The van der Waals surface area contributed by atoms with Gasteiger partial charge in [-0.25, -0.2) is 9.55 Å². The second-order valence-corrected chi connectivity index (χ2v) is 10.2. The molecule has 0 spiro atoms. The van der Waals surface area contributed by atoms with Gasteiger partial charge in [0.1, 0.15) is 29.6 Å². The minimum absolute atomic E-state index is 0.0203. The zero-order chi connectivity index (χ0) is 27.0. The number of nitrogens with one attached hydrogen (secondary N) is 2. The van der Waals surface area contributed by atoms with Crippen LogP contribution in [0.1, 0.15) is 20.1 Å². The van der Waals surface area contributed by atoms with E-state index in [2.05, 4.69) is 24.8 Å². The number of H-pyrrole nitrogens is 1. The fourth-order valence-electron chi connectivity index (χ4n) is 3.84. The number of methoxy groups -OCH3 is 1.